The summed E-state index contributed by atoms with van der Waals surface area (Å²) in [5.74, 6) is 0.508. The van der Waals surface area contributed by atoms with Gasteiger partial charge in [0.15, 0.2) is 5.82 Å². The first kappa shape index (κ1) is 21.8. The van der Waals surface area contributed by atoms with Crippen LogP contribution in [-0.4, -0.2) is 52.2 Å². The molecule has 0 aliphatic rings. The Morgan fingerprint density at radius 3 is 2.57 bits per heavy atom. The lowest BCUT2D eigenvalue weighted by molar-refractivity contribution is -0.115. The summed E-state index contributed by atoms with van der Waals surface area (Å²) in [5, 5.41) is 8.54. The van der Waals surface area contributed by atoms with Gasteiger partial charge < -0.3 is 20.1 Å². The first-order chi connectivity index (χ1) is 13.3. The first-order valence-corrected chi connectivity index (χ1v) is 10.3. The van der Waals surface area contributed by atoms with Gasteiger partial charge in [0, 0.05) is 25.1 Å². The van der Waals surface area contributed by atoms with Crippen LogP contribution in [0.3, 0.4) is 0 Å². The zero-order chi connectivity index (χ0) is 20.7. The third-order valence-corrected chi connectivity index (χ3v) is 5.70. The summed E-state index contributed by atoms with van der Waals surface area (Å²) >= 11 is 2.24. The average molecular weight is 423 g/mol. The summed E-state index contributed by atoms with van der Waals surface area (Å²) in [7, 11) is 3.33. The molecule has 3 amide bonds. The van der Waals surface area contributed by atoms with Gasteiger partial charge in [0.25, 0.3) is 5.24 Å². The summed E-state index contributed by atoms with van der Waals surface area (Å²) in [6.45, 7) is 3.44. The molecule has 0 bridgehead atoms. The molecule has 1 heterocycles. The van der Waals surface area contributed by atoms with Crippen LogP contribution in [0.1, 0.15) is 12.7 Å². The molecule has 0 saturated heterocycles. The topological polar surface area (TPSA) is 105 Å². The minimum Gasteiger partial charge on any atom is -0.360 e. The largest absolute Gasteiger partial charge is 0.360 e. The summed E-state index contributed by atoms with van der Waals surface area (Å²) in [6.07, 6.45) is 0. The van der Waals surface area contributed by atoms with E-state index in [0.717, 1.165) is 11.8 Å². The highest BCUT2D eigenvalue weighted by molar-refractivity contribution is 8.13. The third-order valence-electron chi connectivity index (χ3n) is 3.44. The van der Waals surface area contributed by atoms with Crippen molar-refractivity contribution in [3.63, 3.8) is 0 Å². The van der Waals surface area contributed by atoms with Crippen LogP contribution in [-0.2, 0) is 9.59 Å². The zero-order valence-corrected chi connectivity index (χ0v) is 17.6. The Morgan fingerprint density at radius 2 is 1.93 bits per heavy atom. The number of nitrogens with zero attached hydrogens (tertiary/aromatic N) is 2. The van der Waals surface area contributed by atoms with Crippen LogP contribution in [0.5, 0.6) is 0 Å². The number of thioether (sulfide) groups is 2. The Morgan fingerprint density at radius 1 is 1.21 bits per heavy atom. The molecule has 150 valence electrons. The van der Waals surface area contributed by atoms with E-state index in [-0.39, 0.29) is 22.8 Å². The lowest BCUT2D eigenvalue weighted by Crippen LogP contribution is -2.25. The van der Waals surface area contributed by atoms with Gasteiger partial charge in [-0.25, -0.2) is 0 Å². The van der Waals surface area contributed by atoms with E-state index in [4.69, 9.17) is 4.52 Å². The van der Waals surface area contributed by atoms with Crippen LogP contribution in [0, 0.1) is 6.92 Å². The van der Waals surface area contributed by atoms with Crippen molar-refractivity contribution in [2.24, 2.45) is 0 Å². The van der Waals surface area contributed by atoms with Gasteiger partial charge in [0.1, 0.15) is 5.76 Å². The van der Waals surface area contributed by atoms with Crippen molar-refractivity contribution < 1.29 is 18.9 Å². The molecule has 1 unspecified atom stereocenters. The number of hydrogen-bond donors (Lipinski definition) is 2. The van der Waals surface area contributed by atoms with E-state index in [1.54, 1.807) is 58.3 Å². The van der Waals surface area contributed by atoms with Crippen molar-refractivity contribution >= 4 is 52.1 Å². The van der Waals surface area contributed by atoms with E-state index in [0.29, 0.717) is 22.2 Å². The third kappa shape index (κ3) is 6.61. The minimum atomic E-state index is -0.456. The van der Waals surface area contributed by atoms with E-state index >= 15 is 0 Å². The summed E-state index contributed by atoms with van der Waals surface area (Å²) in [5.41, 5.74) is 0.559. The molecule has 0 fully saturated rings. The average Bonchev–Trinajstić information content (AvgIpc) is 3.05. The molecule has 0 spiro atoms. The van der Waals surface area contributed by atoms with Crippen molar-refractivity contribution in [1.82, 2.24) is 10.1 Å². The molecule has 0 saturated carbocycles. The predicted molar refractivity (Wildman–Crippen MR) is 112 cm³/mol. The van der Waals surface area contributed by atoms with Crippen LogP contribution in [0.4, 0.5) is 16.3 Å². The second-order valence-electron chi connectivity index (χ2n) is 6.07. The Labute approximate surface area is 171 Å². The van der Waals surface area contributed by atoms with Crippen LogP contribution >= 0.6 is 23.5 Å². The van der Waals surface area contributed by atoms with Crippen LogP contribution < -0.4 is 10.6 Å². The van der Waals surface area contributed by atoms with E-state index < -0.39 is 5.25 Å². The van der Waals surface area contributed by atoms with Crippen LogP contribution in [0.25, 0.3) is 0 Å². The van der Waals surface area contributed by atoms with Gasteiger partial charge in [-0.2, -0.15) is 0 Å². The molecule has 0 radical (unpaired) electrons. The SMILES string of the molecule is Cc1cc(NC(=O)C(C)SCC(=O)Nc2ccccc2SC(=O)N(C)C)no1. The fourth-order valence-corrected chi connectivity index (χ4v) is 3.39. The van der Waals surface area contributed by atoms with E-state index in [1.807, 2.05) is 0 Å². The Balaban J connectivity index is 1.87. The van der Waals surface area contributed by atoms with E-state index in [9.17, 15) is 14.4 Å². The van der Waals surface area contributed by atoms with Crippen LogP contribution in [0.2, 0.25) is 0 Å². The monoisotopic (exact) mass is 422 g/mol. The Kier molecular flexibility index (Phi) is 7.94. The van der Waals surface area contributed by atoms with Gasteiger partial charge in [-0.1, -0.05) is 17.3 Å². The summed E-state index contributed by atoms with van der Waals surface area (Å²) in [4.78, 5) is 38.5. The number of rotatable bonds is 7. The molecule has 1 aromatic heterocycles. The van der Waals surface area contributed by atoms with Crippen molar-refractivity contribution in [3.05, 3.63) is 36.1 Å². The normalized spacial score (nSPS) is 11.6. The maximum atomic E-state index is 12.3. The number of benzene rings is 1. The van der Waals surface area contributed by atoms with Gasteiger partial charge in [-0.3, -0.25) is 14.4 Å². The molecular weight excluding hydrogens is 400 g/mol. The molecule has 2 rings (SSSR count). The summed E-state index contributed by atoms with van der Waals surface area (Å²) in [6, 6.07) is 8.70. The zero-order valence-electron chi connectivity index (χ0n) is 16.0. The maximum absolute atomic E-state index is 12.3. The quantitative estimate of drug-likeness (QED) is 0.659. The lowest BCUT2D eigenvalue weighted by atomic mass is 10.3. The molecular formula is C18H22N4O4S2. The van der Waals surface area contributed by atoms with Gasteiger partial charge in [0.2, 0.25) is 11.8 Å². The predicted octanol–water partition coefficient (Wildman–Crippen LogP) is 3.46. The number of amides is 3. The van der Waals surface area contributed by atoms with E-state index in [2.05, 4.69) is 15.8 Å². The maximum Gasteiger partial charge on any atom is 0.286 e. The smallest absolute Gasteiger partial charge is 0.286 e. The number of anilines is 2. The minimum absolute atomic E-state index is 0.0903. The van der Waals surface area contributed by atoms with Crippen molar-refractivity contribution in [2.75, 3.05) is 30.5 Å². The number of aromatic nitrogens is 1. The second kappa shape index (κ2) is 10.2. The number of carbonyl (C=O) groups excluding carboxylic acids is 3. The standard InChI is InChI=1S/C18H22N4O4S2/c1-11-9-15(21-26-11)20-17(24)12(2)27-10-16(23)19-13-7-5-6-8-14(13)28-18(25)22(3)4/h5-9,12H,10H2,1-4H3,(H,19,23)(H,20,21,24). The fourth-order valence-electron chi connectivity index (χ4n) is 1.96. The van der Waals surface area contributed by atoms with Crippen molar-refractivity contribution in [3.8, 4) is 0 Å². The lowest BCUT2D eigenvalue weighted by Gasteiger charge is -2.14. The molecule has 8 nitrogen and oxygen atoms in total. The molecule has 1 aromatic carbocycles. The first-order valence-electron chi connectivity index (χ1n) is 8.40. The molecule has 10 heteroatoms. The van der Waals surface area contributed by atoms with E-state index in [1.165, 1.54) is 16.7 Å². The Bertz CT molecular complexity index is 854. The molecule has 0 aliphatic heterocycles. The number of para-hydroxylation sites is 1. The van der Waals surface area contributed by atoms with Crippen molar-refractivity contribution in [2.45, 2.75) is 24.0 Å². The van der Waals surface area contributed by atoms with Gasteiger partial charge in [0.05, 0.1) is 16.7 Å². The molecule has 2 N–H and O–H groups in total. The number of nitrogens with one attached hydrogen (secondary N) is 2. The highest BCUT2D eigenvalue weighted by Crippen LogP contribution is 2.28. The van der Waals surface area contributed by atoms with Gasteiger partial charge in [-0.15, -0.1) is 11.8 Å². The summed E-state index contributed by atoms with van der Waals surface area (Å²) < 4.78 is 4.90. The van der Waals surface area contributed by atoms with Crippen molar-refractivity contribution in [1.29, 1.82) is 0 Å². The highest BCUT2D eigenvalue weighted by Gasteiger charge is 2.18. The van der Waals surface area contributed by atoms with Gasteiger partial charge in [-0.05, 0) is 37.7 Å². The number of hydrogen-bond acceptors (Lipinski definition) is 7. The Hall–Kier alpha value is -2.46. The fraction of sp³-hybridized carbons (Fsp3) is 0.333. The van der Waals surface area contributed by atoms with Crippen LogP contribution in [0.15, 0.2) is 39.8 Å². The molecule has 0 aliphatic carbocycles. The number of carbonyl (C=O) groups is 3. The molecule has 1 atom stereocenters. The number of aryl methyl sites for hydroxylation is 1. The van der Waals surface area contributed by atoms with Gasteiger partial charge >= 0.3 is 0 Å². The molecule has 2 aromatic rings. The highest BCUT2D eigenvalue weighted by atomic mass is 32.2. The molecule has 28 heavy (non-hydrogen) atoms. The second-order valence-corrected chi connectivity index (χ2v) is 8.39.